The average molecular weight is 312 g/mol. The molecule has 0 aromatic heterocycles. The molecular weight excluding hydrogens is 288 g/mol. The van der Waals surface area contributed by atoms with Gasteiger partial charge >= 0.3 is 0 Å². The van der Waals surface area contributed by atoms with Gasteiger partial charge < -0.3 is 15.8 Å². The molecule has 3 N–H and O–H groups in total. The Morgan fingerprint density at radius 3 is 2.62 bits per heavy atom. The summed E-state index contributed by atoms with van der Waals surface area (Å²) in [5, 5.41) is 2.15. The molecule has 1 rings (SSSR count). The van der Waals surface area contributed by atoms with E-state index < -0.39 is 16.0 Å². The minimum absolute atomic E-state index is 0.284. The average Bonchev–Trinajstić information content (AvgIpc) is 2.47. The first-order valence-electron chi connectivity index (χ1n) is 7.00. The molecular formula is C15H24N2O3S. The van der Waals surface area contributed by atoms with E-state index in [4.69, 9.17) is 10.5 Å². The highest BCUT2D eigenvalue weighted by Crippen LogP contribution is 2.24. The van der Waals surface area contributed by atoms with Crippen molar-refractivity contribution in [3.05, 3.63) is 18.2 Å². The Hall–Kier alpha value is -1.56. The molecule has 0 aliphatic rings. The van der Waals surface area contributed by atoms with Crippen LogP contribution in [0.5, 0.6) is 5.75 Å². The van der Waals surface area contributed by atoms with Gasteiger partial charge in [0.05, 0.1) is 18.5 Å². The molecule has 1 aromatic carbocycles. The van der Waals surface area contributed by atoms with Gasteiger partial charge in [-0.05, 0) is 25.0 Å². The summed E-state index contributed by atoms with van der Waals surface area (Å²) in [6, 6.07) is 5.03. The van der Waals surface area contributed by atoms with E-state index >= 15 is 0 Å². The van der Waals surface area contributed by atoms with Crippen molar-refractivity contribution < 1.29 is 13.7 Å². The van der Waals surface area contributed by atoms with Crippen LogP contribution >= 0.6 is 0 Å². The number of nitrogens with two attached hydrogens (primary N) is 1. The lowest BCUT2D eigenvalue weighted by molar-refractivity contribution is -0.115. The summed E-state index contributed by atoms with van der Waals surface area (Å²) in [7, 11) is 0.360. The molecule has 21 heavy (non-hydrogen) atoms. The predicted molar refractivity (Wildman–Crippen MR) is 88.0 cm³/mol. The number of benzene rings is 1. The van der Waals surface area contributed by atoms with E-state index in [-0.39, 0.29) is 5.91 Å². The minimum atomic E-state index is -1.19. The Balaban J connectivity index is 2.70. The molecule has 3 atom stereocenters. The van der Waals surface area contributed by atoms with Crippen LogP contribution in [0, 0.1) is 5.92 Å². The van der Waals surface area contributed by atoms with Crippen LogP contribution in [0.4, 0.5) is 11.4 Å². The molecule has 0 spiro atoms. The zero-order valence-corrected chi connectivity index (χ0v) is 13.8. The van der Waals surface area contributed by atoms with Crippen LogP contribution in [0.3, 0.4) is 0 Å². The zero-order valence-electron chi connectivity index (χ0n) is 13.0. The van der Waals surface area contributed by atoms with Crippen molar-refractivity contribution in [2.75, 3.05) is 23.9 Å². The molecule has 118 valence electrons. The summed E-state index contributed by atoms with van der Waals surface area (Å²) in [6.45, 7) is 5.75. The maximum atomic E-state index is 12.1. The third-order valence-electron chi connectivity index (χ3n) is 3.43. The van der Waals surface area contributed by atoms with E-state index in [9.17, 15) is 9.00 Å². The number of methoxy groups -OCH3 is 1. The third-order valence-corrected chi connectivity index (χ3v) is 5.33. The monoisotopic (exact) mass is 312 g/mol. The third kappa shape index (κ3) is 5.04. The Labute approximate surface area is 128 Å². The molecule has 0 heterocycles. The van der Waals surface area contributed by atoms with Crippen LogP contribution in [-0.4, -0.2) is 28.2 Å². The first-order chi connectivity index (χ1) is 9.88. The molecule has 3 unspecified atom stereocenters. The second kappa shape index (κ2) is 8.02. The summed E-state index contributed by atoms with van der Waals surface area (Å²) < 4.78 is 17.2. The van der Waals surface area contributed by atoms with Crippen molar-refractivity contribution in [2.24, 2.45) is 5.92 Å². The predicted octanol–water partition coefficient (Wildman–Crippen LogP) is 2.40. The van der Waals surface area contributed by atoms with Gasteiger partial charge in [-0.2, -0.15) is 0 Å². The fourth-order valence-electron chi connectivity index (χ4n) is 1.68. The van der Waals surface area contributed by atoms with Gasteiger partial charge in [-0.15, -0.1) is 0 Å². The molecule has 0 fully saturated rings. The molecule has 6 heteroatoms. The van der Waals surface area contributed by atoms with Gasteiger partial charge in [-0.25, -0.2) is 0 Å². The fraction of sp³-hybridized carbons (Fsp3) is 0.533. The number of nitrogen functional groups attached to an aromatic ring is 1. The molecule has 1 amide bonds. The second-order valence-corrected chi connectivity index (χ2v) is 6.95. The first-order valence-corrected chi connectivity index (χ1v) is 8.38. The maximum absolute atomic E-state index is 12.1. The molecule has 0 radical (unpaired) electrons. The lowest BCUT2D eigenvalue weighted by Gasteiger charge is -2.15. The van der Waals surface area contributed by atoms with Crippen LogP contribution in [0.15, 0.2) is 18.2 Å². The van der Waals surface area contributed by atoms with Gasteiger partial charge in [0, 0.05) is 22.6 Å². The molecule has 5 nitrogen and oxygen atoms in total. The fourth-order valence-corrected chi connectivity index (χ4v) is 3.06. The Morgan fingerprint density at radius 2 is 2.10 bits per heavy atom. The smallest absolute Gasteiger partial charge is 0.239 e. The normalized spacial score (nSPS) is 15.0. The number of carbonyl (C=O) groups excluding carboxylic acids is 1. The summed E-state index contributed by atoms with van der Waals surface area (Å²) in [5.74, 6) is 1.21. The van der Waals surface area contributed by atoms with E-state index in [2.05, 4.69) is 5.32 Å². The number of carbonyl (C=O) groups is 1. The van der Waals surface area contributed by atoms with Crippen LogP contribution in [0.1, 0.15) is 27.2 Å². The number of nitrogens with one attached hydrogen (secondary N) is 1. The standard InChI is InChI=1S/C15H24N2O3S/c1-5-10(2)9-21(19)11(3)15(18)17-14-7-6-12(20-4)8-13(14)16/h6-8,10-11H,5,9,16H2,1-4H3,(H,17,18). The van der Waals surface area contributed by atoms with Crippen LogP contribution < -0.4 is 15.8 Å². The SMILES string of the molecule is CCC(C)CS(=O)C(C)C(=O)Nc1ccc(OC)cc1N. The van der Waals surface area contributed by atoms with E-state index in [0.29, 0.717) is 28.8 Å². The van der Waals surface area contributed by atoms with Gasteiger partial charge in [0.25, 0.3) is 0 Å². The number of rotatable bonds is 7. The van der Waals surface area contributed by atoms with E-state index in [0.717, 1.165) is 6.42 Å². The van der Waals surface area contributed by atoms with Crippen molar-refractivity contribution in [3.63, 3.8) is 0 Å². The number of anilines is 2. The first kappa shape index (κ1) is 17.5. The highest BCUT2D eigenvalue weighted by atomic mass is 32.2. The molecule has 0 aliphatic heterocycles. The van der Waals surface area contributed by atoms with E-state index in [1.165, 1.54) is 0 Å². The van der Waals surface area contributed by atoms with Gasteiger partial charge in [-0.3, -0.25) is 9.00 Å². The van der Waals surface area contributed by atoms with Gasteiger partial charge in [0.15, 0.2) is 0 Å². The van der Waals surface area contributed by atoms with Gasteiger partial charge in [0.1, 0.15) is 11.0 Å². The lowest BCUT2D eigenvalue weighted by Crippen LogP contribution is -2.31. The van der Waals surface area contributed by atoms with Crippen molar-refractivity contribution in [1.29, 1.82) is 0 Å². The number of hydrogen-bond donors (Lipinski definition) is 2. The molecule has 0 saturated heterocycles. The van der Waals surface area contributed by atoms with Gasteiger partial charge in [0.2, 0.25) is 5.91 Å². The molecule has 0 saturated carbocycles. The van der Waals surface area contributed by atoms with Crippen molar-refractivity contribution in [3.8, 4) is 5.75 Å². The highest BCUT2D eigenvalue weighted by Gasteiger charge is 2.22. The summed E-state index contributed by atoms with van der Waals surface area (Å²) in [6.07, 6.45) is 0.950. The Bertz CT molecular complexity index is 520. The largest absolute Gasteiger partial charge is 0.497 e. The van der Waals surface area contributed by atoms with Gasteiger partial charge in [-0.1, -0.05) is 20.3 Å². The molecule has 0 bridgehead atoms. The van der Waals surface area contributed by atoms with Crippen LogP contribution in [0.25, 0.3) is 0 Å². The minimum Gasteiger partial charge on any atom is -0.497 e. The lowest BCUT2D eigenvalue weighted by atomic mass is 10.2. The second-order valence-electron chi connectivity index (χ2n) is 5.15. The maximum Gasteiger partial charge on any atom is 0.239 e. The summed E-state index contributed by atoms with van der Waals surface area (Å²) in [5.41, 5.74) is 6.78. The number of hydrogen-bond acceptors (Lipinski definition) is 4. The van der Waals surface area contributed by atoms with E-state index in [1.54, 1.807) is 32.2 Å². The van der Waals surface area contributed by atoms with E-state index in [1.807, 2.05) is 13.8 Å². The quantitative estimate of drug-likeness (QED) is 0.758. The Kier molecular flexibility index (Phi) is 6.68. The zero-order chi connectivity index (χ0) is 16.0. The summed E-state index contributed by atoms with van der Waals surface area (Å²) >= 11 is 0. The molecule has 0 aliphatic carbocycles. The topological polar surface area (TPSA) is 81.4 Å². The molecule has 1 aromatic rings. The van der Waals surface area contributed by atoms with Crippen molar-refractivity contribution >= 4 is 28.1 Å². The van der Waals surface area contributed by atoms with Crippen LogP contribution in [-0.2, 0) is 15.6 Å². The number of amides is 1. The summed E-state index contributed by atoms with van der Waals surface area (Å²) in [4.78, 5) is 12.1. The van der Waals surface area contributed by atoms with Crippen molar-refractivity contribution in [1.82, 2.24) is 0 Å². The van der Waals surface area contributed by atoms with Crippen LogP contribution in [0.2, 0.25) is 0 Å². The highest BCUT2D eigenvalue weighted by molar-refractivity contribution is 7.86. The number of ether oxygens (including phenoxy) is 1. The van der Waals surface area contributed by atoms with Crippen molar-refractivity contribution in [2.45, 2.75) is 32.4 Å². The Morgan fingerprint density at radius 1 is 1.43 bits per heavy atom.